The Hall–Kier alpha value is -2.92. The maximum atomic E-state index is 12.2. The zero-order valence-corrected chi connectivity index (χ0v) is 14.6. The topological polar surface area (TPSA) is 52.3 Å². The number of nitrogens with zero attached hydrogens (tertiary/aromatic N) is 1. The highest BCUT2D eigenvalue weighted by Crippen LogP contribution is 2.27. The fraction of sp³-hybridized carbons (Fsp3) is 0. The second kappa shape index (κ2) is 6.53. The molecule has 5 heteroatoms. The molecule has 1 aromatic heterocycles. The molecule has 0 amide bonds. The number of oxazole rings is 1. The molecule has 0 saturated heterocycles. The molecule has 4 aromatic rings. The number of aromatic nitrogens is 1. The molecule has 0 radical (unpaired) electrons. The number of hydrogen-bond donors (Lipinski definition) is 0. The second-order valence-electron chi connectivity index (χ2n) is 5.41. The van der Waals surface area contributed by atoms with Gasteiger partial charge in [0.05, 0.1) is 5.56 Å². The van der Waals surface area contributed by atoms with E-state index in [2.05, 4.69) is 20.9 Å². The Bertz CT molecular complexity index is 1060. The molecule has 0 unspecified atom stereocenters. The van der Waals surface area contributed by atoms with E-state index in [1.165, 1.54) is 0 Å². The number of rotatable bonds is 3. The molecule has 4 nitrogen and oxygen atoms in total. The van der Waals surface area contributed by atoms with Crippen LogP contribution in [0, 0.1) is 0 Å². The molecule has 0 saturated carbocycles. The van der Waals surface area contributed by atoms with Crippen LogP contribution in [-0.4, -0.2) is 11.0 Å². The van der Waals surface area contributed by atoms with Crippen molar-refractivity contribution >= 4 is 33.0 Å². The molecule has 0 atom stereocenters. The van der Waals surface area contributed by atoms with E-state index in [1.54, 1.807) is 36.4 Å². The van der Waals surface area contributed by atoms with Crippen molar-refractivity contribution in [3.8, 4) is 17.2 Å². The van der Waals surface area contributed by atoms with E-state index < -0.39 is 5.97 Å². The molecule has 0 bridgehead atoms. The van der Waals surface area contributed by atoms with Gasteiger partial charge in [0.1, 0.15) is 11.3 Å². The lowest BCUT2D eigenvalue weighted by Crippen LogP contribution is -2.08. The minimum atomic E-state index is -0.427. The number of carbonyl (C=O) groups excluding carboxylic acids is 1. The van der Waals surface area contributed by atoms with E-state index >= 15 is 0 Å². The van der Waals surface area contributed by atoms with E-state index in [1.807, 2.05) is 36.4 Å². The molecule has 122 valence electrons. The maximum Gasteiger partial charge on any atom is 0.343 e. The maximum absolute atomic E-state index is 12.2. The highest BCUT2D eigenvalue weighted by molar-refractivity contribution is 9.10. The Balaban J connectivity index is 1.62. The molecular weight excluding hydrogens is 382 g/mol. The summed E-state index contributed by atoms with van der Waals surface area (Å²) in [6.07, 6.45) is 0. The molecule has 0 N–H and O–H groups in total. The predicted octanol–water partition coefficient (Wildman–Crippen LogP) is 5.48. The lowest BCUT2D eigenvalue weighted by molar-refractivity contribution is 0.0735. The summed E-state index contributed by atoms with van der Waals surface area (Å²) < 4.78 is 12.0. The van der Waals surface area contributed by atoms with Crippen molar-refractivity contribution in [1.82, 2.24) is 4.98 Å². The van der Waals surface area contributed by atoms with E-state index in [9.17, 15) is 4.79 Å². The van der Waals surface area contributed by atoms with Gasteiger partial charge in [-0.3, -0.25) is 0 Å². The Morgan fingerprint density at radius 2 is 1.80 bits per heavy atom. The second-order valence-corrected chi connectivity index (χ2v) is 6.33. The van der Waals surface area contributed by atoms with Crippen LogP contribution in [0.15, 0.2) is 81.7 Å². The minimum Gasteiger partial charge on any atom is -0.436 e. The Labute approximate surface area is 152 Å². The van der Waals surface area contributed by atoms with E-state index in [-0.39, 0.29) is 0 Å². The van der Waals surface area contributed by atoms with E-state index in [0.29, 0.717) is 28.3 Å². The van der Waals surface area contributed by atoms with Gasteiger partial charge in [0.2, 0.25) is 5.89 Å². The van der Waals surface area contributed by atoms with Gasteiger partial charge in [-0.15, -0.1) is 0 Å². The predicted molar refractivity (Wildman–Crippen MR) is 98.5 cm³/mol. The van der Waals surface area contributed by atoms with Crippen LogP contribution >= 0.6 is 15.9 Å². The first kappa shape index (κ1) is 15.6. The number of hydrogen-bond acceptors (Lipinski definition) is 4. The average molecular weight is 394 g/mol. The molecule has 0 aliphatic rings. The first-order chi connectivity index (χ1) is 12.2. The summed E-state index contributed by atoms with van der Waals surface area (Å²) in [7, 11) is 0. The van der Waals surface area contributed by atoms with E-state index in [0.717, 1.165) is 10.0 Å². The number of esters is 1. The van der Waals surface area contributed by atoms with Gasteiger partial charge in [-0.1, -0.05) is 40.2 Å². The van der Waals surface area contributed by atoms with Gasteiger partial charge >= 0.3 is 5.97 Å². The molecule has 0 fully saturated rings. The standard InChI is InChI=1S/C20H12BrNO3/c21-15-8-4-7-14(11-15)20(23)24-16-9-10-17-18(12-16)25-19(22-17)13-5-2-1-3-6-13/h1-12H. The van der Waals surface area contributed by atoms with Crippen LogP contribution in [0.4, 0.5) is 0 Å². The zero-order valence-electron chi connectivity index (χ0n) is 13.0. The number of halogens is 1. The average Bonchev–Trinajstić information content (AvgIpc) is 3.06. The van der Waals surface area contributed by atoms with Crippen LogP contribution in [0.2, 0.25) is 0 Å². The summed E-state index contributed by atoms with van der Waals surface area (Å²) in [6, 6.07) is 21.8. The van der Waals surface area contributed by atoms with Gasteiger partial charge in [0, 0.05) is 16.1 Å². The van der Waals surface area contributed by atoms with Gasteiger partial charge in [-0.2, -0.15) is 0 Å². The summed E-state index contributed by atoms with van der Waals surface area (Å²) in [5, 5.41) is 0. The Morgan fingerprint density at radius 3 is 2.60 bits per heavy atom. The lowest BCUT2D eigenvalue weighted by Gasteiger charge is -2.04. The Morgan fingerprint density at radius 1 is 0.960 bits per heavy atom. The molecule has 0 spiro atoms. The van der Waals surface area contributed by atoms with Crippen LogP contribution in [-0.2, 0) is 0 Å². The van der Waals surface area contributed by atoms with Crippen LogP contribution in [0.1, 0.15) is 10.4 Å². The van der Waals surface area contributed by atoms with Crippen molar-refractivity contribution in [2.24, 2.45) is 0 Å². The fourth-order valence-corrected chi connectivity index (χ4v) is 2.85. The van der Waals surface area contributed by atoms with Crippen molar-refractivity contribution in [3.05, 3.63) is 82.8 Å². The molecule has 3 aromatic carbocycles. The number of benzene rings is 3. The quantitative estimate of drug-likeness (QED) is 0.341. The third-order valence-electron chi connectivity index (χ3n) is 3.65. The van der Waals surface area contributed by atoms with Gasteiger partial charge in [0.25, 0.3) is 0 Å². The van der Waals surface area contributed by atoms with Gasteiger partial charge < -0.3 is 9.15 Å². The summed E-state index contributed by atoms with van der Waals surface area (Å²) in [4.78, 5) is 16.7. The van der Waals surface area contributed by atoms with Crippen molar-refractivity contribution in [2.75, 3.05) is 0 Å². The van der Waals surface area contributed by atoms with Gasteiger partial charge in [-0.05, 0) is 42.5 Å². The normalized spacial score (nSPS) is 10.8. The minimum absolute atomic E-state index is 0.410. The molecule has 0 aliphatic carbocycles. The number of carbonyl (C=O) groups is 1. The van der Waals surface area contributed by atoms with E-state index in [4.69, 9.17) is 9.15 Å². The summed E-state index contributed by atoms with van der Waals surface area (Å²) in [5.74, 6) is 0.516. The molecule has 1 heterocycles. The van der Waals surface area contributed by atoms with Crippen LogP contribution in [0.3, 0.4) is 0 Å². The van der Waals surface area contributed by atoms with Crippen molar-refractivity contribution in [3.63, 3.8) is 0 Å². The first-order valence-electron chi connectivity index (χ1n) is 7.63. The first-order valence-corrected chi connectivity index (χ1v) is 8.42. The summed E-state index contributed by atoms with van der Waals surface area (Å²) in [5.41, 5.74) is 2.64. The smallest absolute Gasteiger partial charge is 0.343 e. The zero-order chi connectivity index (χ0) is 17.2. The molecule has 4 rings (SSSR count). The highest BCUT2D eigenvalue weighted by Gasteiger charge is 2.12. The highest BCUT2D eigenvalue weighted by atomic mass is 79.9. The van der Waals surface area contributed by atoms with Gasteiger partial charge in [0.15, 0.2) is 5.58 Å². The Kier molecular flexibility index (Phi) is 4.07. The van der Waals surface area contributed by atoms with Gasteiger partial charge in [-0.25, -0.2) is 9.78 Å². The summed E-state index contributed by atoms with van der Waals surface area (Å²) >= 11 is 3.34. The largest absolute Gasteiger partial charge is 0.436 e. The third kappa shape index (κ3) is 3.32. The monoisotopic (exact) mass is 393 g/mol. The van der Waals surface area contributed by atoms with Crippen molar-refractivity contribution in [1.29, 1.82) is 0 Å². The lowest BCUT2D eigenvalue weighted by atomic mass is 10.2. The fourth-order valence-electron chi connectivity index (χ4n) is 2.45. The molecular formula is C20H12BrNO3. The van der Waals surface area contributed by atoms with Crippen LogP contribution in [0.5, 0.6) is 5.75 Å². The van der Waals surface area contributed by atoms with Crippen molar-refractivity contribution in [2.45, 2.75) is 0 Å². The molecule has 25 heavy (non-hydrogen) atoms. The number of ether oxygens (including phenoxy) is 1. The SMILES string of the molecule is O=C(Oc1ccc2nc(-c3ccccc3)oc2c1)c1cccc(Br)c1. The van der Waals surface area contributed by atoms with Crippen LogP contribution < -0.4 is 4.74 Å². The summed E-state index contributed by atoms with van der Waals surface area (Å²) in [6.45, 7) is 0. The third-order valence-corrected chi connectivity index (χ3v) is 4.14. The van der Waals surface area contributed by atoms with Crippen LogP contribution in [0.25, 0.3) is 22.6 Å². The number of fused-ring (bicyclic) bond motifs is 1. The molecule has 0 aliphatic heterocycles. The van der Waals surface area contributed by atoms with Crippen molar-refractivity contribution < 1.29 is 13.9 Å².